The van der Waals surface area contributed by atoms with Gasteiger partial charge in [0.2, 0.25) is 0 Å². The molecule has 0 saturated carbocycles. The van der Waals surface area contributed by atoms with E-state index in [0.29, 0.717) is 5.92 Å². The molecule has 3 aliphatic heterocycles. The summed E-state index contributed by atoms with van der Waals surface area (Å²) in [5, 5.41) is 0. The zero-order valence-corrected chi connectivity index (χ0v) is 15.7. The molecule has 3 saturated heterocycles. The first-order valence-corrected chi connectivity index (χ1v) is 10.6. The zero-order chi connectivity index (χ0) is 16.9. The first kappa shape index (κ1) is 17.4. The summed E-state index contributed by atoms with van der Waals surface area (Å²) in [7, 11) is 0. The Bertz CT molecular complexity index is 527. The van der Waals surface area contributed by atoms with Crippen LogP contribution in [0.5, 0.6) is 5.75 Å². The lowest BCUT2D eigenvalue weighted by atomic mass is 9.93. The van der Waals surface area contributed by atoms with Crippen LogP contribution in [0.1, 0.15) is 62.8 Å². The van der Waals surface area contributed by atoms with Gasteiger partial charge >= 0.3 is 0 Å². The van der Waals surface area contributed by atoms with Crippen molar-refractivity contribution in [3.8, 4) is 5.75 Å². The minimum atomic E-state index is 0.668. The number of hydrogen-bond acceptors (Lipinski definition) is 3. The van der Waals surface area contributed by atoms with E-state index in [4.69, 9.17) is 4.74 Å². The SMILES string of the molecule is c1ccc(C2CC3CCCCN3C2)c(OCCCN2CCCCC2)c1. The third-order valence-electron chi connectivity index (χ3n) is 6.44. The average molecular weight is 343 g/mol. The second-order valence-corrected chi connectivity index (χ2v) is 8.22. The molecule has 0 radical (unpaired) electrons. The molecule has 3 heterocycles. The molecule has 4 rings (SSSR count). The van der Waals surface area contributed by atoms with Crippen molar-refractivity contribution in [1.29, 1.82) is 0 Å². The minimum Gasteiger partial charge on any atom is -0.493 e. The van der Waals surface area contributed by atoms with Crippen molar-refractivity contribution in [2.45, 2.75) is 63.3 Å². The highest BCUT2D eigenvalue weighted by Gasteiger charge is 2.35. The molecule has 3 heteroatoms. The molecule has 3 nitrogen and oxygen atoms in total. The standard InChI is InChI=1S/C22H34N2O/c1-5-12-23(13-6-1)14-8-16-25-22-11-3-2-10-21(22)19-17-20-9-4-7-15-24(20)18-19/h2-3,10-11,19-20H,1,4-9,12-18H2. The lowest BCUT2D eigenvalue weighted by Crippen LogP contribution is -2.33. The fourth-order valence-electron chi connectivity index (χ4n) is 5.08. The van der Waals surface area contributed by atoms with Gasteiger partial charge in [-0.1, -0.05) is 31.0 Å². The van der Waals surface area contributed by atoms with Crippen molar-refractivity contribution in [2.24, 2.45) is 0 Å². The van der Waals surface area contributed by atoms with Gasteiger partial charge in [-0.15, -0.1) is 0 Å². The van der Waals surface area contributed by atoms with Crippen molar-refractivity contribution in [3.63, 3.8) is 0 Å². The summed E-state index contributed by atoms with van der Waals surface area (Å²) < 4.78 is 6.25. The maximum Gasteiger partial charge on any atom is 0.122 e. The van der Waals surface area contributed by atoms with Gasteiger partial charge in [0.1, 0.15) is 5.75 Å². The molecule has 1 aromatic carbocycles. The van der Waals surface area contributed by atoms with E-state index >= 15 is 0 Å². The Morgan fingerprint density at radius 2 is 1.80 bits per heavy atom. The molecule has 25 heavy (non-hydrogen) atoms. The van der Waals surface area contributed by atoms with Crippen LogP contribution in [-0.2, 0) is 0 Å². The molecular weight excluding hydrogens is 308 g/mol. The quantitative estimate of drug-likeness (QED) is 0.718. The number of hydrogen-bond donors (Lipinski definition) is 0. The molecule has 138 valence electrons. The molecule has 3 aliphatic rings. The molecule has 0 bridgehead atoms. The Labute approximate surface area is 153 Å². The van der Waals surface area contributed by atoms with Crippen LogP contribution in [0.3, 0.4) is 0 Å². The van der Waals surface area contributed by atoms with Gasteiger partial charge in [-0.25, -0.2) is 0 Å². The third-order valence-corrected chi connectivity index (χ3v) is 6.44. The van der Waals surface area contributed by atoms with Crippen LogP contribution in [0.15, 0.2) is 24.3 Å². The highest BCUT2D eigenvalue weighted by atomic mass is 16.5. The first-order valence-electron chi connectivity index (χ1n) is 10.6. The molecule has 0 amide bonds. The van der Waals surface area contributed by atoms with Gasteiger partial charge < -0.3 is 9.64 Å². The van der Waals surface area contributed by atoms with E-state index in [0.717, 1.165) is 24.8 Å². The molecule has 3 fully saturated rings. The monoisotopic (exact) mass is 342 g/mol. The molecule has 0 N–H and O–H groups in total. The summed E-state index contributed by atoms with van der Waals surface area (Å²) in [6.45, 7) is 7.17. The summed E-state index contributed by atoms with van der Waals surface area (Å²) in [4.78, 5) is 5.33. The van der Waals surface area contributed by atoms with Crippen LogP contribution in [-0.4, -0.2) is 55.2 Å². The van der Waals surface area contributed by atoms with Gasteiger partial charge in [0.05, 0.1) is 6.61 Å². The number of benzene rings is 1. The number of rotatable bonds is 6. The van der Waals surface area contributed by atoms with Crippen molar-refractivity contribution < 1.29 is 4.74 Å². The summed E-state index contributed by atoms with van der Waals surface area (Å²) >= 11 is 0. The highest BCUT2D eigenvalue weighted by Crippen LogP contribution is 2.39. The van der Waals surface area contributed by atoms with Crippen LogP contribution in [0, 0.1) is 0 Å². The predicted molar refractivity (Wildman–Crippen MR) is 103 cm³/mol. The van der Waals surface area contributed by atoms with E-state index in [1.807, 2.05) is 0 Å². The minimum absolute atomic E-state index is 0.668. The van der Waals surface area contributed by atoms with E-state index in [1.165, 1.54) is 83.2 Å². The molecule has 2 atom stereocenters. The largest absolute Gasteiger partial charge is 0.493 e. The number of nitrogens with zero attached hydrogens (tertiary/aromatic N) is 2. The average Bonchev–Trinajstić information content (AvgIpc) is 3.10. The molecule has 0 aromatic heterocycles. The lowest BCUT2D eigenvalue weighted by molar-refractivity contribution is 0.197. The Kier molecular flexibility index (Phi) is 5.94. The molecule has 0 spiro atoms. The number of likely N-dealkylation sites (tertiary alicyclic amines) is 1. The van der Waals surface area contributed by atoms with Gasteiger partial charge in [0.25, 0.3) is 0 Å². The topological polar surface area (TPSA) is 15.7 Å². The highest BCUT2D eigenvalue weighted by molar-refractivity contribution is 5.37. The second-order valence-electron chi connectivity index (χ2n) is 8.22. The van der Waals surface area contributed by atoms with Crippen LogP contribution >= 0.6 is 0 Å². The summed E-state index contributed by atoms with van der Waals surface area (Å²) in [5.74, 6) is 1.81. The van der Waals surface area contributed by atoms with Crippen molar-refractivity contribution in [1.82, 2.24) is 9.80 Å². The fourth-order valence-corrected chi connectivity index (χ4v) is 5.08. The van der Waals surface area contributed by atoms with Crippen LogP contribution in [0.25, 0.3) is 0 Å². The van der Waals surface area contributed by atoms with Crippen LogP contribution in [0.4, 0.5) is 0 Å². The number of piperidine rings is 2. The maximum atomic E-state index is 6.25. The number of ether oxygens (including phenoxy) is 1. The second kappa shape index (κ2) is 8.55. The number of para-hydroxylation sites is 1. The maximum absolute atomic E-state index is 6.25. The fraction of sp³-hybridized carbons (Fsp3) is 0.727. The molecular formula is C22H34N2O. The van der Waals surface area contributed by atoms with E-state index in [-0.39, 0.29) is 0 Å². The van der Waals surface area contributed by atoms with Crippen molar-refractivity contribution in [2.75, 3.05) is 39.3 Å². The molecule has 2 unspecified atom stereocenters. The Balaban J connectivity index is 1.30. The van der Waals surface area contributed by atoms with Gasteiger partial charge in [-0.3, -0.25) is 4.90 Å². The van der Waals surface area contributed by atoms with E-state index in [1.54, 1.807) is 0 Å². The number of fused-ring (bicyclic) bond motifs is 1. The van der Waals surface area contributed by atoms with E-state index in [2.05, 4.69) is 34.1 Å². The summed E-state index contributed by atoms with van der Waals surface area (Å²) in [6.07, 6.45) is 10.9. The third kappa shape index (κ3) is 4.38. The Morgan fingerprint density at radius 3 is 2.68 bits per heavy atom. The zero-order valence-electron chi connectivity index (χ0n) is 15.7. The lowest BCUT2D eigenvalue weighted by Gasteiger charge is -2.28. The summed E-state index contributed by atoms with van der Waals surface area (Å²) in [6, 6.07) is 9.64. The van der Waals surface area contributed by atoms with Crippen LogP contribution < -0.4 is 4.74 Å². The van der Waals surface area contributed by atoms with Crippen LogP contribution in [0.2, 0.25) is 0 Å². The molecule has 1 aromatic rings. The smallest absolute Gasteiger partial charge is 0.122 e. The Morgan fingerprint density at radius 1 is 0.960 bits per heavy atom. The van der Waals surface area contributed by atoms with Crippen molar-refractivity contribution in [3.05, 3.63) is 29.8 Å². The normalized spacial score (nSPS) is 28.0. The summed E-state index contributed by atoms with van der Waals surface area (Å²) in [5.41, 5.74) is 1.45. The van der Waals surface area contributed by atoms with Crippen molar-refractivity contribution >= 4 is 0 Å². The van der Waals surface area contributed by atoms with Gasteiger partial charge in [0.15, 0.2) is 0 Å². The molecule has 0 aliphatic carbocycles. The van der Waals surface area contributed by atoms with Gasteiger partial charge in [-0.2, -0.15) is 0 Å². The van der Waals surface area contributed by atoms with E-state index in [9.17, 15) is 0 Å². The van der Waals surface area contributed by atoms with Gasteiger partial charge in [-0.05, 0) is 69.8 Å². The predicted octanol–water partition coefficient (Wildman–Crippen LogP) is 4.28. The van der Waals surface area contributed by atoms with E-state index < -0.39 is 0 Å². The first-order chi connectivity index (χ1) is 12.4. The Hall–Kier alpha value is -1.06. The van der Waals surface area contributed by atoms with Gasteiger partial charge in [0, 0.05) is 25.0 Å².